The first kappa shape index (κ1) is 19.1. The number of rotatable bonds is 9. The molecule has 0 amide bonds. The van der Waals surface area contributed by atoms with E-state index in [1.54, 1.807) is 0 Å². The van der Waals surface area contributed by atoms with E-state index >= 15 is 0 Å². The second-order valence-corrected chi connectivity index (χ2v) is 6.68. The Labute approximate surface area is 152 Å². The molecule has 0 aromatic heterocycles. The summed E-state index contributed by atoms with van der Waals surface area (Å²) in [5, 5.41) is 0. The first-order valence-corrected chi connectivity index (χ1v) is 8.89. The number of nitrogens with zero attached hydrogens (tertiary/aromatic N) is 2. The predicted molar refractivity (Wildman–Crippen MR) is 109 cm³/mol. The van der Waals surface area contributed by atoms with Gasteiger partial charge in [-0.2, -0.15) is 0 Å². The molecule has 2 rings (SSSR count). The number of hydrogen-bond donors (Lipinski definition) is 0. The van der Waals surface area contributed by atoms with E-state index < -0.39 is 0 Å². The zero-order valence-corrected chi connectivity index (χ0v) is 15.9. The summed E-state index contributed by atoms with van der Waals surface area (Å²) in [6.07, 6.45) is 6.52. The van der Waals surface area contributed by atoms with Gasteiger partial charge in [-0.3, -0.25) is 0 Å². The minimum Gasteiger partial charge on any atom is -0.493 e. The maximum absolute atomic E-state index is 6.00. The fourth-order valence-corrected chi connectivity index (χ4v) is 2.68. The maximum Gasteiger partial charge on any atom is 0.126 e. The molecule has 0 bridgehead atoms. The molecule has 0 aliphatic rings. The van der Waals surface area contributed by atoms with Crippen LogP contribution in [0.2, 0.25) is 0 Å². The number of ether oxygens (including phenoxy) is 1. The van der Waals surface area contributed by atoms with E-state index in [1.165, 1.54) is 11.3 Å². The van der Waals surface area contributed by atoms with Crippen LogP contribution in [0.4, 0.5) is 5.69 Å². The Kier molecular flexibility index (Phi) is 7.55. The molecular weight excluding hydrogens is 308 g/mol. The molecule has 134 valence electrons. The highest BCUT2D eigenvalue weighted by Gasteiger charge is 2.03. The molecule has 0 aliphatic carbocycles. The molecule has 0 spiro atoms. The lowest BCUT2D eigenvalue weighted by atomic mass is 10.1. The van der Waals surface area contributed by atoms with Gasteiger partial charge in [-0.15, -0.1) is 0 Å². The summed E-state index contributed by atoms with van der Waals surface area (Å²) >= 11 is 0. The summed E-state index contributed by atoms with van der Waals surface area (Å²) in [4.78, 5) is 4.34. The number of hydrogen-bond acceptors (Lipinski definition) is 3. The van der Waals surface area contributed by atoms with Crippen molar-refractivity contribution in [1.82, 2.24) is 4.90 Å². The number of para-hydroxylation sites is 2. The van der Waals surface area contributed by atoms with Crippen LogP contribution in [0, 0.1) is 0 Å². The number of unbranched alkanes of at least 4 members (excludes halogenated alkanes) is 1. The van der Waals surface area contributed by atoms with E-state index in [4.69, 9.17) is 4.74 Å². The van der Waals surface area contributed by atoms with E-state index in [1.807, 2.05) is 12.1 Å². The van der Waals surface area contributed by atoms with Gasteiger partial charge in [-0.25, -0.2) is 0 Å². The lowest BCUT2D eigenvalue weighted by Crippen LogP contribution is -2.13. The van der Waals surface area contributed by atoms with Crippen LogP contribution >= 0.6 is 0 Å². The van der Waals surface area contributed by atoms with Crippen molar-refractivity contribution < 1.29 is 4.74 Å². The van der Waals surface area contributed by atoms with Gasteiger partial charge in [-0.05, 0) is 51.2 Å². The van der Waals surface area contributed by atoms with Gasteiger partial charge in [0.25, 0.3) is 0 Å². The quantitative estimate of drug-likeness (QED) is 0.489. The molecule has 0 radical (unpaired) electrons. The standard InChI is InChI=1S/C22H30N2O/c1-23(2)17-9-10-18-25-22-14-8-6-12-20(22)16-15-19-11-5-7-13-21(19)24(3)4/h5-8,11-16H,9-10,17-18H2,1-4H3/b16-15+. The summed E-state index contributed by atoms with van der Waals surface area (Å²) in [5.74, 6) is 0.950. The van der Waals surface area contributed by atoms with Gasteiger partial charge in [0.05, 0.1) is 6.61 Å². The fraction of sp³-hybridized carbons (Fsp3) is 0.364. The van der Waals surface area contributed by atoms with Gasteiger partial charge in [0, 0.05) is 25.3 Å². The molecule has 0 unspecified atom stereocenters. The zero-order valence-electron chi connectivity index (χ0n) is 15.9. The number of anilines is 1. The molecule has 2 aromatic carbocycles. The zero-order chi connectivity index (χ0) is 18.1. The second-order valence-electron chi connectivity index (χ2n) is 6.68. The van der Waals surface area contributed by atoms with Gasteiger partial charge in [-0.1, -0.05) is 48.6 Å². The Morgan fingerprint density at radius 1 is 0.800 bits per heavy atom. The lowest BCUT2D eigenvalue weighted by molar-refractivity contribution is 0.292. The van der Waals surface area contributed by atoms with Crippen LogP contribution in [0.1, 0.15) is 24.0 Å². The average molecular weight is 338 g/mol. The van der Waals surface area contributed by atoms with Crippen LogP contribution in [0.5, 0.6) is 5.75 Å². The molecule has 0 N–H and O–H groups in total. The van der Waals surface area contributed by atoms with Crippen molar-refractivity contribution in [3.05, 3.63) is 59.7 Å². The largest absolute Gasteiger partial charge is 0.493 e. The van der Waals surface area contributed by atoms with Crippen molar-refractivity contribution >= 4 is 17.8 Å². The summed E-state index contributed by atoms with van der Waals surface area (Å²) in [6, 6.07) is 16.6. The van der Waals surface area contributed by atoms with Gasteiger partial charge >= 0.3 is 0 Å². The highest BCUT2D eigenvalue weighted by molar-refractivity contribution is 5.78. The molecule has 0 atom stereocenters. The summed E-state index contributed by atoms with van der Waals surface area (Å²) in [6.45, 7) is 1.86. The SMILES string of the molecule is CN(C)CCCCOc1ccccc1/C=C/c1ccccc1N(C)C. The predicted octanol–water partition coefficient (Wildman–Crippen LogP) is 4.64. The Morgan fingerprint density at radius 2 is 1.44 bits per heavy atom. The first-order valence-electron chi connectivity index (χ1n) is 8.89. The summed E-state index contributed by atoms with van der Waals surface area (Å²) in [7, 11) is 8.34. The van der Waals surface area contributed by atoms with Crippen molar-refractivity contribution in [1.29, 1.82) is 0 Å². The van der Waals surface area contributed by atoms with E-state index in [9.17, 15) is 0 Å². The average Bonchev–Trinajstić information content (AvgIpc) is 2.60. The number of benzene rings is 2. The van der Waals surface area contributed by atoms with E-state index in [0.717, 1.165) is 37.3 Å². The minimum atomic E-state index is 0.757. The molecule has 3 nitrogen and oxygen atoms in total. The molecule has 2 aromatic rings. The van der Waals surface area contributed by atoms with Gasteiger partial charge in [0.2, 0.25) is 0 Å². The van der Waals surface area contributed by atoms with Gasteiger partial charge in [0.15, 0.2) is 0 Å². The van der Waals surface area contributed by atoms with Crippen molar-refractivity contribution in [3.8, 4) is 5.75 Å². The molecule has 0 fully saturated rings. The second kappa shape index (κ2) is 9.90. The van der Waals surface area contributed by atoms with Crippen molar-refractivity contribution in [2.75, 3.05) is 46.2 Å². The van der Waals surface area contributed by atoms with Crippen LogP contribution < -0.4 is 9.64 Å². The summed E-state index contributed by atoms with van der Waals surface area (Å²) in [5.41, 5.74) is 3.53. The monoisotopic (exact) mass is 338 g/mol. The van der Waals surface area contributed by atoms with E-state index in [2.05, 4.69) is 86.5 Å². The fourth-order valence-electron chi connectivity index (χ4n) is 2.68. The van der Waals surface area contributed by atoms with Crippen LogP contribution in [-0.2, 0) is 0 Å². The first-order chi connectivity index (χ1) is 12.1. The third-order valence-electron chi connectivity index (χ3n) is 4.04. The molecule has 0 saturated heterocycles. The Hall–Kier alpha value is -2.26. The van der Waals surface area contributed by atoms with Crippen LogP contribution in [0.15, 0.2) is 48.5 Å². The third-order valence-corrected chi connectivity index (χ3v) is 4.04. The van der Waals surface area contributed by atoms with Crippen LogP contribution in [0.3, 0.4) is 0 Å². The van der Waals surface area contributed by atoms with Gasteiger partial charge < -0.3 is 14.5 Å². The summed E-state index contributed by atoms with van der Waals surface area (Å²) < 4.78 is 6.00. The van der Waals surface area contributed by atoms with Crippen molar-refractivity contribution in [2.45, 2.75) is 12.8 Å². The highest BCUT2D eigenvalue weighted by atomic mass is 16.5. The molecule has 0 heterocycles. The maximum atomic E-state index is 6.00. The molecule has 25 heavy (non-hydrogen) atoms. The topological polar surface area (TPSA) is 15.7 Å². The Balaban J connectivity index is 2.03. The Morgan fingerprint density at radius 3 is 2.16 bits per heavy atom. The molecule has 0 aliphatic heterocycles. The van der Waals surface area contributed by atoms with Crippen molar-refractivity contribution in [2.24, 2.45) is 0 Å². The highest BCUT2D eigenvalue weighted by Crippen LogP contribution is 2.24. The van der Waals surface area contributed by atoms with Gasteiger partial charge in [0.1, 0.15) is 5.75 Å². The van der Waals surface area contributed by atoms with E-state index in [0.29, 0.717) is 0 Å². The van der Waals surface area contributed by atoms with E-state index in [-0.39, 0.29) is 0 Å². The normalized spacial score (nSPS) is 11.2. The minimum absolute atomic E-state index is 0.757. The Bertz CT molecular complexity index is 677. The lowest BCUT2D eigenvalue weighted by Gasteiger charge is -2.15. The van der Waals surface area contributed by atoms with Crippen molar-refractivity contribution in [3.63, 3.8) is 0 Å². The third kappa shape index (κ3) is 6.28. The van der Waals surface area contributed by atoms with Crippen LogP contribution in [-0.4, -0.2) is 46.2 Å². The molecule has 0 saturated carbocycles. The molecule has 3 heteroatoms. The van der Waals surface area contributed by atoms with Crippen LogP contribution in [0.25, 0.3) is 12.2 Å². The molecular formula is C22H30N2O. The smallest absolute Gasteiger partial charge is 0.126 e.